The lowest BCUT2D eigenvalue weighted by Gasteiger charge is -2.08. The third-order valence-corrected chi connectivity index (χ3v) is 6.37. The van der Waals surface area contributed by atoms with Gasteiger partial charge in [-0.25, -0.2) is 0 Å². The van der Waals surface area contributed by atoms with Crippen LogP contribution in [0.2, 0.25) is 0 Å². The van der Waals surface area contributed by atoms with Gasteiger partial charge >= 0.3 is 20.4 Å². The van der Waals surface area contributed by atoms with Crippen molar-refractivity contribution in [1.29, 1.82) is 0 Å². The second-order valence-corrected chi connectivity index (χ2v) is 7.54. The van der Waals surface area contributed by atoms with Gasteiger partial charge in [0.25, 0.3) is 0 Å². The van der Waals surface area contributed by atoms with Crippen LogP contribution in [0.5, 0.6) is 0 Å². The molecule has 0 unspecified atom stereocenters. The van der Waals surface area contributed by atoms with Gasteiger partial charge in [0.1, 0.15) is 0 Å². The van der Waals surface area contributed by atoms with Crippen LogP contribution in [0.4, 0.5) is 0 Å². The molecule has 4 aromatic carbocycles. The van der Waals surface area contributed by atoms with Gasteiger partial charge in [-0.15, -0.1) is 4.55 Å². The highest BCUT2D eigenvalue weighted by Crippen LogP contribution is 2.19. The van der Waals surface area contributed by atoms with Crippen molar-refractivity contribution in [3.63, 3.8) is 0 Å². The van der Waals surface area contributed by atoms with Crippen LogP contribution in [0.25, 0.3) is 21.5 Å². The highest BCUT2D eigenvalue weighted by Gasteiger charge is 2.07. The van der Waals surface area contributed by atoms with E-state index in [1.54, 1.807) is 3.69 Å². The first-order valence-corrected chi connectivity index (χ1v) is 9.56. The fourth-order valence-electron chi connectivity index (χ4n) is 3.29. The maximum atomic E-state index is 2.32. The number of rotatable bonds is 3. The minimum atomic E-state index is -0.320. The monoisotopic (exact) mass is 292 g/mol. The Bertz CT molecular complexity index is 850. The van der Waals surface area contributed by atoms with E-state index < -0.39 is 0 Å². The van der Waals surface area contributed by atoms with E-state index in [2.05, 4.69) is 84.9 Å². The Morgan fingerprint density at radius 1 is 0.545 bits per heavy atom. The average molecular weight is 293 g/mol. The Morgan fingerprint density at radius 3 is 1.95 bits per heavy atom. The van der Waals surface area contributed by atoms with E-state index in [1.165, 1.54) is 31.7 Å². The molecule has 0 amide bonds. The second kappa shape index (κ2) is 6.11. The number of fused-ring (bicyclic) bond motifs is 2. The maximum absolute atomic E-state index is 2.32. The molecule has 0 saturated carbocycles. The summed E-state index contributed by atoms with van der Waals surface area (Å²) in [4.78, 5) is 0. The lowest BCUT2D eigenvalue weighted by Crippen LogP contribution is -2.17. The van der Waals surface area contributed by atoms with E-state index >= 15 is 0 Å². The van der Waals surface area contributed by atoms with Crippen molar-refractivity contribution in [2.75, 3.05) is 0 Å². The first kappa shape index (κ1) is 13.8. The van der Waals surface area contributed by atoms with Gasteiger partial charge in [-0.1, -0.05) is 90.5 Å². The van der Waals surface area contributed by atoms with E-state index in [-0.39, 0.29) is 20.4 Å². The molecule has 0 bridgehead atoms. The van der Waals surface area contributed by atoms with Crippen LogP contribution in [-0.2, 0) is 4.55 Å². The van der Waals surface area contributed by atoms with Crippen LogP contribution < -0.4 is 3.69 Å². The zero-order valence-electron chi connectivity index (χ0n) is 12.5. The average Bonchev–Trinajstić information content (AvgIpc) is 2.60. The predicted molar refractivity (Wildman–Crippen MR) is 97.0 cm³/mol. The molecule has 0 N–H and O–H groups in total. The van der Waals surface area contributed by atoms with Crippen LogP contribution in [0.3, 0.4) is 0 Å². The molecule has 0 fully saturated rings. The molecule has 0 saturated heterocycles. The molecule has 0 aliphatic heterocycles. The molecule has 0 heterocycles. The first-order valence-electron chi connectivity index (χ1n) is 7.85. The maximum Gasteiger partial charge on any atom is 0.415 e. The molecule has 102 valence electrons. The standard InChI is InChI=1S/C11H9.C10H7.Mg/c1-9-5-4-7-10-6-2-3-8-11(9)10;1-2-6-10-8-4-3-7-9(10)5-1;/h2-8H,1H2;1-7H;. The summed E-state index contributed by atoms with van der Waals surface area (Å²) in [6.45, 7) is 0. The zero-order chi connectivity index (χ0) is 14.8. The molecule has 0 atom stereocenters. The number of hydrogen-bond donors (Lipinski definition) is 0. The minimum absolute atomic E-state index is 0.320. The van der Waals surface area contributed by atoms with Crippen molar-refractivity contribution in [3.8, 4) is 0 Å². The highest BCUT2D eigenvalue weighted by atomic mass is 24.5. The summed E-state index contributed by atoms with van der Waals surface area (Å²) < 4.78 is 2.79. The van der Waals surface area contributed by atoms with E-state index in [1.807, 2.05) is 0 Å². The molecule has 4 aromatic rings. The van der Waals surface area contributed by atoms with E-state index in [0.717, 1.165) is 0 Å². The SMILES string of the molecule is c1ccc2c([CH2][Mg][c]3cccc4ccccc34)cccc2c1. The van der Waals surface area contributed by atoms with Crippen LogP contribution in [-0.4, -0.2) is 20.4 Å². The Hall–Kier alpha value is -1.83. The third kappa shape index (κ3) is 2.62. The molecule has 0 aliphatic carbocycles. The topological polar surface area (TPSA) is 0 Å². The molecule has 4 rings (SSSR count). The summed E-state index contributed by atoms with van der Waals surface area (Å²) in [5.74, 6) is 0. The molecule has 0 aromatic heterocycles. The van der Waals surface area contributed by atoms with Gasteiger partial charge in [-0.3, -0.25) is 0 Å². The van der Waals surface area contributed by atoms with Crippen molar-refractivity contribution < 1.29 is 0 Å². The summed E-state index contributed by atoms with van der Waals surface area (Å²) in [5, 5.41) is 5.58. The van der Waals surface area contributed by atoms with Crippen molar-refractivity contribution in [2.24, 2.45) is 0 Å². The van der Waals surface area contributed by atoms with Gasteiger partial charge < -0.3 is 0 Å². The van der Waals surface area contributed by atoms with E-state index in [9.17, 15) is 0 Å². The van der Waals surface area contributed by atoms with Crippen LogP contribution in [0.15, 0.2) is 84.9 Å². The van der Waals surface area contributed by atoms with Crippen molar-refractivity contribution in [2.45, 2.75) is 4.55 Å². The normalized spacial score (nSPS) is 10.7. The number of hydrogen-bond acceptors (Lipinski definition) is 0. The summed E-state index contributed by atoms with van der Waals surface area (Å²) in [6.07, 6.45) is 0. The molecule has 0 spiro atoms. The molecular formula is C21H16Mg. The van der Waals surface area contributed by atoms with Gasteiger partial charge in [0, 0.05) is 0 Å². The third-order valence-electron chi connectivity index (χ3n) is 4.42. The fraction of sp³-hybridized carbons (Fsp3) is 0.0476. The van der Waals surface area contributed by atoms with Gasteiger partial charge in [0.05, 0.1) is 0 Å². The van der Waals surface area contributed by atoms with Gasteiger partial charge in [-0.05, 0) is 21.5 Å². The molecule has 22 heavy (non-hydrogen) atoms. The van der Waals surface area contributed by atoms with Crippen LogP contribution in [0.1, 0.15) is 5.56 Å². The lowest BCUT2D eigenvalue weighted by atomic mass is 10.1. The number of benzene rings is 4. The largest absolute Gasteiger partial charge is 0.415 e. The smallest absolute Gasteiger partial charge is 0.166 e. The Kier molecular flexibility index (Phi) is 3.84. The van der Waals surface area contributed by atoms with Crippen molar-refractivity contribution in [3.05, 3.63) is 90.5 Å². The molecule has 0 nitrogen and oxygen atoms in total. The summed E-state index contributed by atoms with van der Waals surface area (Å²) in [7, 11) is 0. The van der Waals surface area contributed by atoms with Gasteiger partial charge in [0.15, 0.2) is 0 Å². The summed E-state index contributed by atoms with van der Waals surface area (Å²) in [6, 6.07) is 30.9. The summed E-state index contributed by atoms with van der Waals surface area (Å²) >= 11 is -0.320. The van der Waals surface area contributed by atoms with Gasteiger partial charge in [0.2, 0.25) is 0 Å². The molecule has 1 heteroatoms. The Balaban J connectivity index is 1.69. The highest BCUT2D eigenvalue weighted by molar-refractivity contribution is 6.56. The van der Waals surface area contributed by atoms with Crippen molar-refractivity contribution in [1.82, 2.24) is 0 Å². The molecular weight excluding hydrogens is 277 g/mol. The van der Waals surface area contributed by atoms with E-state index in [4.69, 9.17) is 0 Å². The summed E-state index contributed by atoms with van der Waals surface area (Å²) in [5.41, 5.74) is 1.50. The van der Waals surface area contributed by atoms with Gasteiger partial charge in [-0.2, -0.15) is 3.69 Å². The Morgan fingerprint density at radius 2 is 1.14 bits per heavy atom. The first-order chi connectivity index (χ1) is 10.9. The van der Waals surface area contributed by atoms with Crippen LogP contribution in [0, 0.1) is 0 Å². The second-order valence-electron chi connectivity index (χ2n) is 5.78. The molecule has 0 radical (unpaired) electrons. The predicted octanol–water partition coefficient (Wildman–Crippen LogP) is 4.52. The quantitative estimate of drug-likeness (QED) is 0.487. The lowest BCUT2D eigenvalue weighted by molar-refractivity contribution is 1.43. The minimum Gasteiger partial charge on any atom is -0.166 e. The van der Waals surface area contributed by atoms with Crippen molar-refractivity contribution >= 4 is 45.6 Å². The Labute approximate surface area is 140 Å². The van der Waals surface area contributed by atoms with E-state index in [0.29, 0.717) is 0 Å². The fourth-order valence-corrected chi connectivity index (χ4v) is 5.16. The molecule has 0 aliphatic rings. The van der Waals surface area contributed by atoms with Crippen LogP contribution >= 0.6 is 0 Å². The zero-order valence-corrected chi connectivity index (χ0v) is 13.9.